The number of hydrogen-bond acceptors (Lipinski definition) is 4. The van der Waals surface area contributed by atoms with Crippen LogP contribution in [0.2, 0.25) is 0 Å². The second kappa shape index (κ2) is 7.97. The summed E-state index contributed by atoms with van der Waals surface area (Å²) in [6.07, 6.45) is 0. The standard InChI is InChI=1S/C14H22N2O3.ClH/c1-14(2,9-15)13(17)16-8-10-5-6-11(18-3)7-12(10)19-4;/h5-7H,8-9,15H2,1-4H3,(H,16,17);1H. The molecule has 1 amide bonds. The Morgan fingerprint density at radius 1 is 1.30 bits per heavy atom. The van der Waals surface area contributed by atoms with Gasteiger partial charge in [-0.15, -0.1) is 12.4 Å². The Labute approximate surface area is 126 Å². The molecule has 0 fully saturated rings. The first-order valence-electron chi connectivity index (χ1n) is 6.14. The van der Waals surface area contributed by atoms with Gasteiger partial charge in [-0.3, -0.25) is 4.79 Å². The number of carbonyl (C=O) groups excluding carboxylic acids is 1. The molecule has 0 aliphatic heterocycles. The number of nitrogens with two attached hydrogens (primary N) is 1. The molecule has 0 saturated heterocycles. The van der Waals surface area contributed by atoms with Gasteiger partial charge in [0.25, 0.3) is 0 Å². The third-order valence-corrected chi connectivity index (χ3v) is 3.06. The van der Waals surface area contributed by atoms with Crippen LogP contribution < -0.4 is 20.5 Å². The minimum atomic E-state index is -0.570. The minimum Gasteiger partial charge on any atom is -0.497 e. The molecule has 1 aromatic carbocycles. The van der Waals surface area contributed by atoms with E-state index in [-0.39, 0.29) is 18.3 Å². The fraction of sp³-hybridized carbons (Fsp3) is 0.500. The Hall–Kier alpha value is -1.46. The van der Waals surface area contributed by atoms with Gasteiger partial charge in [0.15, 0.2) is 0 Å². The highest BCUT2D eigenvalue weighted by Crippen LogP contribution is 2.24. The van der Waals surface area contributed by atoms with Crippen LogP contribution >= 0.6 is 12.4 Å². The highest BCUT2D eigenvalue weighted by Gasteiger charge is 2.25. The molecule has 0 saturated carbocycles. The van der Waals surface area contributed by atoms with Gasteiger partial charge < -0.3 is 20.5 Å². The van der Waals surface area contributed by atoms with Gasteiger partial charge in [0, 0.05) is 24.7 Å². The van der Waals surface area contributed by atoms with Crippen molar-refractivity contribution in [2.75, 3.05) is 20.8 Å². The van der Waals surface area contributed by atoms with Crippen molar-refractivity contribution >= 4 is 18.3 Å². The maximum absolute atomic E-state index is 11.9. The van der Waals surface area contributed by atoms with E-state index in [1.54, 1.807) is 20.3 Å². The lowest BCUT2D eigenvalue weighted by molar-refractivity contribution is -0.129. The van der Waals surface area contributed by atoms with Crippen LogP contribution in [-0.4, -0.2) is 26.7 Å². The van der Waals surface area contributed by atoms with Crippen molar-refractivity contribution in [1.82, 2.24) is 5.32 Å². The number of benzene rings is 1. The van der Waals surface area contributed by atoms with Crippen molar-refractivity contribution in [2.24, 2.45) is 11.1 Å². The summed E-state index contributed by atoms with van der Waals surface area (Å²) in [5.74, 6) is 1.33. The van der Waals surface area contributed by atoms with Crippen LogP contribution in [0.25, 0.3) is 0 Å². The molecule has 0 heterocycles. The van der Waals surface area contributed by atoms with Gasteiger partial charge in [0.2, 0.25) is 5.91 Å². The lowest BCUT2D eigenvalue weighted by Gasteiger charge is -2.21. The summed E-state index contributed by atoms with van der Waals surface area (Å²) in [4.78, 5) is 11.9. The van der Waals surface area contributed by atoms with E-state index in [0.717, 1.165) is 5.56 Å². The van der Waals surface area contributed by atoms with Crippen LogP contribution in [0.1, 0.15) is 19.4 Å². The summed E-state index contributed by atoms with van der Waals surface area (Å²) in [5.41, 5.74) is 5.89. The Morgan fingerprint density at radius 3 is 2.45 bits per heavy atom. The molecule has 3 N–H and O–H groups in total. The first kappa shape index (κ1) is 18.5. The molecule has 0 radical (unpaired) electrons. The van der Waals surface area contributed by atoms with Crippen LogP contribution in [0, 0.1) is 5.41 Å². The van der Waals surface area contributed by atoms with Crippen LogP contribution in [0.4, 0.5) is 0 Å². The van der Waals surface area contributed by atoms with Gasteiger partial charge in [-0.1, -0.05) is 0 Å². The molecule has 5 nitrogen and oxygen atoms in total. The summed E-state index contributed by atoms with van der Waals surface area (Å²) < 4.78 is 10.4. The molecule has 0 aliphatic rings. The Balaban J connectivity index is 0.00000361. The van der Waals surface area contributed by atoms with Crippen molar-refractivity contribution in [3.8, 4) is 11.5 Å². The third kappa shape index (κ3) is 4.58. The summed E-state index contributed by atoms with van der Waals surface area (Å²) in [6.45, 7) is 4.33. The highest BCUT2D eigenvalue weighted by molar-refractivity contribution is 5.85. The minimum absolute atomic E-state index is 0. The number of rotatable bonds is 6. The van der Waals surface area contributed by atoms with Crippen LogP contribution in [0.3, 0.4) is 0 Å². The highest BCUT2D eigenvalue weighted by atomic mass is 35.5. The van der Waals surface area contributed by atoms with Crippen molar-refractivity contribution in [2.45, 2.75) is 20.4 Å². The van der Waals surface area contributed by atoms with Gasteiger partial charge in [0.05, 0.1) is 19.6 Å². The Kier molecular flexibility index (Phi) is 7.39. The maximum Gasteiger partial charge on any atom is 0.227 e. The van der Waals surface area contributed by atoms with Gasteiger partial charge >= 0.3 is 0 Å². The average molecular weight is 303 g/mol. The average Bonchev–Trinajstić information content (AvgIpc) is 2.44. The summed E-state index contributed by atoms with van der Waals surface area (Å²) in [5, 5.41) is 2.86. The number of ether oxygens (including phenoxy) is 2. The molecule has 0 bridgehead atoms. The summed E-state index contributed by atoms with van der Waals surface area (Å²) in [7, 11) is 3.18. The Morgan fingerprint density at radius 2 is 1.95 bits per heavy atom. The van der Waals surface area contributed by atoms with Crippen molar-refractivity contribution in [3.63, 3.8) is 0 Å². The molecular weight excluding hydrogens is 280 g/mol. The molecule has 20 heavy (non-hydrogen) atoms. The molecule has 0 aliphatic carbocycles. The maximum atomic E-state index is 11.9. The largest absolute Gasteiger partial charge is 0.497 e. The van der Waals surface area contributed by atoms with Gasteiger partial charge in [-0.05, 0) is 26.0 Å². The zero-order chi connectivity index (χ0) is 14.5. The van der Waals surface area contributed by atoms with Crippen molar-refractivity contribution < 1.29 is 14.3 Å². The van der Waals surface area contributed by atoms with E-state index in [9.17, 15) is 4.79 Å². The van der Waals surface area contributed by atoms with Gasteiger partial charge in [-0.25, -0.2) is 0 Å². The van der Waals surface area contributed by atoms with Gasteiger partial charge in [-0.2, -0.15) is 0 Å². The summed E-state index contributed by atoms with van der Waals surface area (Å²) in [6, 6.07) is 5.49. The number of methoxy groups -OCH3 is 2. The smallest absolute Gasteiger partial charge is 0.227 e. The molecule has 0 spiro atoms. The van der Waals surface area contributed by atoms with E-state index in [1.165, 1.54) is 0 Å². The number of nitrogens with one attached hydrogen (secondary N) is 1. The third-order valence-electron chi connectivity index (χ3n) is 3.06. The number of carbonyl (C=O) groups is 1. The Bertz CT molecular complexity index is 450. The van der Waals surface area contributed by atoms with Crippen molar-refractivity contribution in [1.29, 1.82) is 0 Å². The number of hydrogen-bond donors (Lipinski definition) is 2. The molecule has 0 aromatic heterocycles. The molecule has 0 unspecified atom stereocenters. The fourth-order valence-electron chi connectivity index (χ4n) is 1.51. The first-order valence-corrected chi connectivity index (χ1v) is 6.14. The van der Waals surface area contributed by atoms with Crippen LogP contribution in [-0.2, 0) is 11.3 Å². The zero-order valence-electron chi connectivity index (χ0n) is 12.4. The van der Waals surface area contributed by atoms with Crippen LogP contribution in [0.5, 0.6) is 11.5 Å². The number of halogens is 1. The van der Waals surface area contributed by atoms with Crippen LogP contribution in [0.15, 0.2) is 18.2 Å². The summed E-state index contributed by atoms with van der Waals surface area (Å²) >= 11 is 0. The molecule has 114 valence electrons. The van der Waals surface area contributed by atoms with E-state index in [4.69, 9.17) is 15.2 Å². The monoisotopic (exact) mass is 302 g/mol. The normalized spacial score (nSPS) is 10.4. The van der Waals surface area contributed by atoms with E-state index in [0.29, 0.717) is 24.6 Å². The molecule has 1 rings (SSSR count). The zero-order valence-corrected chi connectivity index (χ0v) is 13.2. The quantitative estimate of drug-likeness (QED) is 0.839. The molecular formula is C14H23ClN2O3. The molecule has 0 atom stereocenters. The number of amides is 1. The lowest BCUT2D eigenvalue weighted by Crippen LogP contribution is -2.41. The fourth-order valence-corrected chi connectivity index (χ4v) is 1.51. The topological polar surface area (TPSA) is 73.6 Å². The second-order valence-electron chi connectivity index (χ2n) is 4.95. The molecule has 1 aromatic rings. The first-order chi connectivity index (χ1) is 8.94. The predicted octanol–water partition coefficient (Wildman–Crippen LogP) is 1.73. The second-order valence-corrected chi connectivity index (χ2v) is 4.95. The predicted molar refractivity (Wildman–Crippen MR) is 81.5 cm³/mol. The van der Waals surface area contributed by atoms with Crippen molar-refractivity contribution in [3.05, 3.63) is 23.8 Å². The van der Waals surface area contributed by atoms with E-state index in [1.807, 2.05) is 26.0 Å². The molecule has 6 heteroatoms. The van der Waals surface area contributed by atoms with Gasteiger partial charge in [0.1, 0.15) is 11.5 Å². The SMILES string of the molecule is COc1ccc(CNC(=O)C(C)(C)CN)c(OC)c1.Cl. The van der Waals surface area contributed by atoms with E-state index >= 15 is 0 Å². The van der Waals surface area contributed by atoms with E-state index in [2.05, 4.69) is 5.32 Å². The van der Waals surface area contributed by atoms with E-state index < -0.39 is 5.41 Å². The lowest BCUT2D eigenvalue weighted by atomic mass is 9.92.